The Morgan fingerprint density at radius 3 is 2.22 bits per heavy atom. The minimum atomic E-state index is -0.779. The van der Waals surface area contributed by atoms with Crippen LogP contribution in [0.25, 0.3) is 0 Å². The van der Waals surface area contributed by atoms with Crippen molar-refractivity contribution < 1.29 is 23.9 Å². The monoisotopic (exact) mass is 481 g/mol. The van der Waals surface area contributed by atoms with Crippen molar-refractivity contribution in [3.63, 3.8) is 0 Å². The molecule has 0 aliphatic heterocycles. The number of halogens is 1. The van der Waals surface area contributed by atoms with Crippen LogP contribution in [-0.4, -0.2) is 36.8 Å². The summed E-state index contributed by atoms with van der Waals surface area (Å²) in [6, 6.07) is 15.2. The zero-order chi connectivity index (χ0) is 19.6. The van der Waals surface area contributed by atoms with E-state index in [-0.39, 0.29) is 6.54 Å². The van der Waals surface area contributed by atoms with Gasteiger partial charge < -0.3 is 10.1 Å². The fraction of sp³-hybridized carbons (Fsp3) is 0.111. The molecule has 0 aromatic heterocycles. The average molecular weight is 481 g/mol. The van der Waals surface area contributed by atoms with Gasteiger partial charge in [0.2, 0.25) is 0 Å². The maximum absolute atomic E-state index is 12.0. The zero-order valence-corrected chi connectivity index (χ0v) is 16.2. The lowest BCUT2D eigenvalue weighted by molar-refractivity contribution is -0.147. The summed E-state index contributed by atoms with van der Waals surface area (Å²) in [4.78, 5) is 46.9. The molecular weight excluding hydrogens is 465 g/mol. The van der Waals surface area contributed by atoms with Crippen molar-refractivity contribution in [3.8, 4) is 0 Å². The summed E-state index contributed by atoms with van der Waals surface area (Å²) in [5, 5.41) is 2.42. The Bertz CT molecular complexity index is 842. The number of carbonyl (C=O) groups is 4. The van der Waals surface area contributed by atoms with Crippen molar-refractivity contribution in [3.05, 3.63) is 69.3 Å². The van der Waals surface area contributed by atoms with Crippen molar-refractivity contribution in [2.24, 2.45) is 0 Å². The molecule has 0 unspecified atom stereocenters. The fourth-order valence-corrected chi connectivity index (χ4v) is 2.55. The summed E-state index contributed by atoms with van der Waals surface area (Å²) in [7, 11) is 0. The topological polar surface area (TPSA) is 114 Å². The predicted octanol–water partition coefficient (Wildman–Crippen LogP) is 1.03. The summed E-state index contributed by atoms with van der Waals surface area (Å²) in [5.41, 5.74) is 5.14. The third kappa shape index (κ3) is 6.70. The number of benzene rings is 2. The number of ether oxygens (including phenoxy) is 1. The Morgan fingerprint density at radius 1 is 0.852 bits per heavy atom. The molecular formula is C18H16IN3O5. The molecule has 140 valence electrons. The third-order valence-electron chi connectivity index (χ3n) is 3.23. The molecule has 0 saturated heterocycles. The first-order valence-corrected chi connectivity index (χ1v) is 8.88. The highest BCUT2D eigenvalue weighted by molar-refractivity contribution is 14.1. The van der Waals surface area contributed by atoms with E-state index in [0.29, 0.717) is 11.1 Å². The second-order valence-electron chi connectivity index (χ2n) is 5.19. The molecule has 3 amide bonds. The van der Waals surface area contributed by atoms with Crippen molar-refractivity contribution >= 4 is 46.3 Å². The van der Waals surface area contributed by atoms with Crippen molar-refractivity contribution in [2.45, 2.75) is 0 Å². The molecule has 3 N–H and O–H groups in total. The average Bonchev–Trinajstić information content (AvgIpc) is 2.69. The summed E-state index contributed by atoms with van der Waals surface area (Å²) in [5.74, 6) is -2.41. The maximum atomic E-state index is 12.0. The molecule has 0 aliphatic rings. The number of esters is 1. The number of hydrogen-bond acceptors (Lipinski definition) is 5. The fourth-order valence-electron chi connectivity index (χ4n) is 1.91. The first-order chi connectivity index (χ1) is 13.0. The van der Waals surface area contributed by atoms with E-state index in [1.807, 2.05) is 22.6 Å². The van der Waals surface area contributed by atoms with Crippen LogP contribution in [0, 0.1) is 3.57 Å². The van der Waals surface area contributed by atoms with Gasteiger partial charge >= 0.3 is 5.97 Å². The highest BCUT2D eigenvalue weighted by atomic mass is 127. The van der Waals surface area contributed by atoms with Gasteiger partial charge in [0, 0.05) is 9.13 Å². The first-order valence-electron chi connectivity index (χ1n) is 7.80. The number of nitrogens with one attached hydrogen (secondary N) is 3. The Balaban J connectivity index is 1.67. The van der Waals surface area contributed by atoms with Gasteiger partial charge in [-0.2, -0.15) is 0 Å². The number of hydrogen-bond donors (Lipinski definition) is 3. The minimum absolute atomic E-state index is 0.369. The normalized spacial score (nSPS) is 9.81. The molecule has 0 aliphatic carbocycles. The van der Waals surface area contributed by atoms with Gasteiger partial charge in [0.15, 0.2) is 6.61 Å². The standard InChI is InChI=1S/C18H16IN3O5/c19-14-9-5-4-8-13(14)18(26)20-10-16(24)27-11-15(23)21-22-17(25)12-6-2-1-3-7-12/h1-9H,10-11H2,(H,20,26)(H,21,23)(H,22,25). The van der Waals surface area contributed by atoms with Crippen LogP contribution < -0.4 is 16.2 Å². The smallest absolute Gasteiger partial charge is 0.325 e. The van der Waals surface area contributed by atoms with Crippen LogP contribution in [0.2, 0.25) is 0 Å². The van der Waals surface area contributed by atoms with Crippen LogP contribution in [0.15, 0.2) is 54.6 Å². The van der Waals surface area contributed by atoms with Gasteiger partial charge in [0.25, 0.3) is 17.7 Å². The zero-order valence-electron chi connectivity index (χ0n) is 14.0. The quantitative estimate of drug-likeness (QED) is 0.324. The van der Waals surface area contributed by atoms with Crippen molar-refractivity contribution in [2.75, 3.05) is 13.2 Å². The van der Waals surface area contributed by atoms with Gasteiger partial charge in [-0.25, -0.2) is 0 Å². The number of hydrazine groups is 1. The highest BCUT2D eigenvalue weighted by Crippen LogP contribution is 2.10. The Morgan fingerprint density at radius 2 is 1.52 bits per heavy atom. The van der Waals surface area contributed by atoms with E-state index < -0.39 is 30.3 Å². The van der Waals surface area contributed by atoms with Gasteiger partial charge in [-0.15, -0.1) is 0 Å². The third-order valence-corrected chi connectivity index (χ3v) is 4.17. The highest BCUT2D eigenvalue weighted by Gasteiger charge is 2.13. The van der Waals surface area contributed by atoms with Crippen molar-refractivity contribution in [1.82, 2.24) is 16.2 Å². The van der Waals surface area contributed by atoms with Gasteiger partial charge in [-0.3, -0.25) is 30.0 Å². The van der Waals surface area contributed by atoms with Gasteiger partial charge in [-0.05, 0) is 46.9 Å². The molecule has 27 heavy (non-hydrogen) atoms. The van der Waals surface area contributed by atoms with Crippen LogP contribution in [0.5, 0.6) is 0 Å². The number of rotatable bonds is 6. The van der Waals surface area contributed by atoms with E-state index in [1.165, 1.54) is 0 Å². The number of carbonyl (C=O) groups excluding carboxylic acids is 4. The molecule has 0 atom stereocenters. The van der Waals surface area contributed by atoms with E-state index in [1.54, 1.807) is 54.6 Å². The molecule has 0 saturated carbocycles. The summed E-state index contributed by atoms with van der Waals surface area (Å²) < 4.78 is 5.48. The maximum Gasteiger partial charge on any atom is 0.325 e. The van der Waals surface area contributed by atoms with Crippen LogP contribution in [0.4, 0.5) is 0 Å². The SMILES string of the molecule is O=C(COC(=O)CNC(=O)c1ccccc1I)NNC(=O)c1ccccc1. The lowest BCUT2D eigenvalue weighted by atomic mass is 10.2. The largest absolute Gasteiger partial charge is 0.454 e. The van der Waals surface area contributed by atoms with Gasteiger partial charge in [0.05, 0.1) is 5.56 Å². The second-order valence-corrected chi connectivity index (χ2v) is 6.35. The van der Waals surface area contributed by atoms with E-state index in [4.69, 9.17) is 4.74 Å². The molecule has 9 heteroatoms. The van der Waals surface area contributed by atoms with E-state index in [0.717, 1.165) is 3.57 Å². The lowest BCUT2D eigenvalue weighted by Gasteiger charge is -2.09. The molecule has 0 fully saturated rings. The van der Waals surface area contributed by atoms with Crippen LogP contribution in [0.3, 0.4) is 0 Å². The number of amides is 3. The molecule has 2 aromatic carbocycles. The molecule has 0 radical (unpaired) electrons. The molecule has 2 aromatic rings. The molecule has 2 rings (SSSR count). The van der Waals surface area contributed by atoms with Gasteiger partial charge in [-0.1, -0.05) is 30.3 Å². The van der Waals surface area contributed by atoms with Crippen LogP contribution in [-0.2, 0) is 14.3 Å². The predicted molar refractivity (Wildman–Crippen MR) is 105 cm³/mol. The lowest BCUT2D eigenvalue weighted by Crippen LogP contribution is -2.44. The minimum Gasteiger partial charge on any atom is -0.454 e. The Labute approximate surface area is 168 Å². The molecule has 0 bridgehead atoms. The Kier molecular flexibility index (Phi) is 7.74. The molecule has 0 spiro atoms. The van der Waals surface area contributed by atoms with Gasteiger partial charge in [0.1, 0.15) is 6.54 Å². The van der Waals surface area contributed by atoms with Crippen LogP contribution in [0.1, 0.15) is 20.7 Å². The molecule has 8 nitrogen and oxygen atoms in total. The van der Waals surface area contributed by atoms with E-state index in [2.05, 4.69) is 16.2 Å². The van der Waals surface area contributed by atoms with Crippen LogP contribution >= 0.6 is 22.6 Å². The Hall–Kier alpha value is -2.95. The molecule has 0 heterocycles. The second kappa shape index (κ2) is 10.3. The summed E-state index contributed by atoms with van der Waals surface area (Å²) >= 11 is 2.01. The first kappa shape index (κ1) is 20.4. The van der Waals surface area contributed by atoms with E-state index in [9.17, 15) is 19.2 Å². The summed E-state index contributed by atoms with van der Waals surface area (Å²) in [6.45, 7) is -0.972. The van der Waals surface area contributed by atoms with Crippen molar-refractivity contribution in [1.29, 1.82) is 0 Å². The van der Waals surface area contributed by atoms with E-state index >= 15 is 0 Å². The summed E-state index contributed by atoms with van der Waals surface area (Å²) in [6.07, 6.45) is 0.